The summed E-state index contributed by atoms with van der Waals surface area (Å²) >= 11 is 0. The fourth-order valence-corrected chi connectivity index (χ4v) is 2.03. The lowest BCUT2D eigenvalue weighted by Crippen LogP contribution is -2.07. The molecule has 0 amide bonds. The Morgan fingerprint density at radius 3 is 3.29 bits per heavy atom. The van der Waals surface area contributed by atoms with Gasteiger partial charge in [0.25, 0.3) is 0 Å². The summed E-state index contributed by atoms with van der Waals surface area (Å²) < 4.78 is 11.2. The van der Waals surface area contributed by atoms with Gasteiger partial charge in [0.05, 0.1) is 11.6 Å². The highest BCUT2D eigenvalue weighted by atomic mass is 16.5. The molecule has 2 aromatic rings. The third-order valence-electron chi connectivity index (χ3n) is 2.74. The van der Waals surface area contributed by atoms with Crippen LogP contribution >= 0.6 is 0 Å². The molecule has 1 saturated heterocycles. The molecule has 0 bridgehead atoms. The van der Waals surface area contributed by atoms with E-state index in [0.717, 1.165) is 36.3 Å². The van der Waals surface area contributed by atoms with E-state index in [0.29, 0.717) is 6.10 Å². The Hall–Kier alpha value is -1.22. The third kappa shape index (κ3) is 1.34. The largest absolute Gasteiger partial charge is 0.459 e. The Bertz CT molecular complexity index is 395. The predicted molar refractivity (Wildman–Crippen MR) is 53.2 cm³/mol. The zero-order valence-corrected chi connectivity index (χ0v) is 7.95. The average Bonchev–Trinajstić information content (AvgIpc) is 2.78. The van der Waals surface area contributed by atoms with E-state index >= 15 is 0 Å². The van der Waals surface area contributed by atoms with E-state index in [2.05, 4.69) is 11.1 Å². The summed E-state index contributed by atoms with van der Waals surface area (Å²) in [5.74, 6) is 1.03. The Morgan fingerprint density at radius 2 is 2.50 bits per heavy atom. The van der Waals surface area contributed by atoms with Crippen molar-refractivity contribution in [2.75, 3.05) is 6.61 Å². The highest BCUT2D eigenvalue weighted by molar-refractivity contribution is 5.73. The van der Waals surface area contributed by atoms with Crippen molar-refractivity contribution in [2.24, 2.45) is 0 Å². The molecular weight excluding hydrogens is 178 g/mol. The first-order valence-corrected chi connectivity index (χ1v) is 5.09. The number of H-pyrrole nitrogens is 1. The number of aromatic amines is 1. The lowest BCUT2D eigenvalue weighted by molar-refractivity contribution is 0.107. The van der Waals surface area contributed by atoms with Gasteiger partial charge in [-0.25, -0.2) is 0 Å². The lowest BCUT2D eigenvalue weighted by atomic mass is 10.1. The second kappa shape index (κ2) is 3.17. The normalized spacial score (nSPS) is 22.1. The summed E-state index contributed by atoms with van der Waals surface area (Å²) in [6.07, 6.45) is 5.51. The number of fused-ring (bicyclic) bond motifs is 1. The summed E-state index contributed by atoms with van der Waals surface area (Å²) in [5.41, 5.74) is 2.02. The molecule has 1 atom stereocenters. The molecule has 0 spiro atoms. The highest BCUT2D eigenvalue weighted by Crippen LogP contribution is 2.22. The Labute approximate surface area is 82.0 Å². The standard InChI is InChI=1S/C11H13NO2/c1-2-8(13-5-1)6-9-7-10-11(14-9)3-4-12-10/h3-4,7-8,12H,1-2,5-6H2. The first-order valence-electron chi connectivity index (χ1n) is 5.09. The molecule has 0 saturated carbocycles. The van der Waals surface area contributed by atoms with Crippen LogP contribution in [0, 0.1) is 0 Å². The zero-order chi connectivity index (χ0) is 9.38. The minimum atomic E-state index is 0.366. The van der Waals surface area contributed by atoms with Gasteiger partial charge in [-0.2, -0.15) is 0 Å². The molecule has 3 rings (SSSR count). The summed E-state index contributed by atoms with van der Waals surface area (Å²) in [4.78, 5) is 3.13. The quantitative estimate of drug-likeness (QED) is 0.791. The molecule has 3 heteroatoms. The maximum Gasteiger partial charge on any atom is 0.151 e. The minimum absolute atomic E-state index is 0.366. The molecule has 14 heavy (non-hydrogen) atoms. The van der Waals surface area contributed by atoms with Crippen molar-refractivity contribution in [3.63, 3.8) is 0 Å². The van der Waals surface area contributed by atoms with Gasteiger partial charge in [0.2, 0.25) is 0 Å². The van der Waals surface area contributed by atoms with Gasteiger partial charge < -0.3 is 14.1 Å². The molecule has 1 unspecified atom stereocenters. The van der Waals surface area contributed by atoms with Crippen LogP contribution in [0.3, 0.4) is 0 Å². The van der Waals surface area contributed by atoms with Crippen molar-refractivity contribution in [1.82, 2.24) is 4.98 Å². The Kier molecular flexibility index (Phi) is 1.84. The first kappa shape index (κ1) is 8.12. The van der Waals surface area contributed by atoms with Gasteiger partial charge in [-0.1, -0.05) is 0 Å². The monoisotopic (exact) mass is 191 g/mol. The number of ether oxygens (including phenoxy) is 1. The topological polar surface area (TPSA) is 38.2 Å². The van der Waals surface area contributed by atoms with Gasteiger partial charge in [0, 0.05) is 25.3 Å². The maximum absolute atomic E-state index is 5.66. The molecule has 1 aliphatic rings. The van der Waals surface area contributed by atoms with E-state index in [-0.39, 0.29) is 0 Å². The highest BCUT2D eigenvalue weighted by Gasteiger charge is 2.18. The predicted octanol–water partition coefficient (Wildman–Crippen LogP) is 2.48. The molecule has 1 fully saturated rings. The van der Waals surface area contributed by atoms with Gasteiger partial charge in [0.15, 0.2) is 5.58 Å². The van der Waals surface area contributed by atoms with Crippen molar-refractivity contribution >= 4 is 11.1 Å². The van der Waals surface area contributed by atoms with Crippen LogP contribution in [0.1, 0.15) is 18.6 Å². The van der Waals surface area contributed by atoms with Crippen molar-refractivity contribution in [1.29, 1.82) is 0 Å². The first-order chi connectivity index (χ1) is 6.92. The number of furan rings is 1. The van der Waals surface area contributed by atoms with Crippen LogP contribution in [-0.2, 0) is 11.2 Å². The second-order valence-corrected chi connectivity index (χ2v) is 3.81. The number of nitrogens with one attached hydrogen (secondary N) is 1. The van der Waals surface area contributed by atoms with E-state index in [1.54, 1.807) is 0 Å². The number of aromatic nitrogens is 1. The molecule has 3 nitrogen and oxygen atoms in total. The molecule has 1 aliphatic heterocycles. The molecule has 0 radical (unpaired) electrons. The van der Waals surface area contributed by atoms with Gasteiger partial charge >= 0.3 is 0 Å². The van der Waals surface area contributed by atoms with Crippen LogP contribution in [0.25, 0.3) is 11.1 Å². The van der Waals surface area contributed by atoms with Gasteiger partial charge in [-0.05, 0) is 18.9 Å². The van der Waals surface area contributed by atoms with Gasteiger partial charge in [-0.3, -0.25) is 0 Å². The van der Waals surface area contributed by atoms with Crippen molar-refractivity contribution in [3.8, 4) is 0 Å². The van der Waals surface area contributed by atoms with Crippen molar-refractivity contribution in [3.05, 3.63) is 24.1 Å². The molecule has 0 aliphatic carbocycles. The zero-order valence-electron chi connectivity index (χ0n) is 7.95. The van der Waals surface area contributed by atoms with Gasteiger partial charge in [0.1, 0.15) is 5.76 Å². The van der Waals surface area contributed by atoms with Crippen LogP contribution < -0.4 is 0 Å². The Morgan fingerprint density at radius 1 is 1.50 bits per heavy atom. The van der Waals surface area contributed by atoms with Crippen LogP contribution in [0.4, 0.5) is 0 Å². The molecular formula is C11H13NO2. The SMILES string of the molecule is c1cc2oc(CC3CCCO3)cc2[nH]1. The number of hydrogen-bond acceptors (Lipinski definition) is 2. The van der Waals surface area contributed by atoms with Crippen LogP contribution in [0.15, 0.2) is 22.7 Å². The summed E-state index contributed by atoms with van der Waals surface area (Å²) in [6.45, 7) is 0.906. The van der Waals surface area contributed by atoms with E-state index in [1.165, 1.54) is 6.42 Å². The van der Waals surface area contributed by atoms with Crippen LogP contribution in [0.2, 0.25) is 0 Å². The van der Waals surface area contributed by atoms with Gasteiger partial charge in [-0.15, -0.1) is 0 Å². The molecule has 3 heterocycles. The number of hydrogen-bond donors (Lipinski definition) is 1. The smallest absolute Gasteiger partial charge is 0.151 e. The van der Waals surface area contributed by atoms with Crippen LogP contribution in [-0.4, -0.2) is 17.7 Å². The van der Waals surface area contributed by atoms with Crippen LogP contribution in [0.5, 0.6) is 0 Å². The van der Waals surface area contributed by atoms with E-state index < -0.39 is 0 Å². The average molecular weight is 191 g/mol. The van der Waals surface area contributed by atoms with E-state index in [4.69, 9.17) is 9.15 Å². The lowest BCUT2D eigenvalue weighted by Gasteiger charge is -2.05. The molecule has 2 aromatic heterocycles. The molecule has 1 N–H and O–H groups in total. The van der Waals surface area contributed by atoms with E-state index in [9.17, 15) is 0 Å². The third-order valence-corrected chi connectivity index (χ3v) is 2.74. The van der Waals surface area contributed by atoms with Crippen molar-refractivity contribution in [2.45, 2.75) is 25.4 Å². The number of rotatable bonds is 2. The Balaban J connectivity index is 1.80. The molecule has 0 aromatic carbocycles. The minimum Gasteiger partial charge on any atom is -0.459 e. The van der Waals surface area contributed by atoms with Crippen molar-refractivity contribution < 1.29 is 9.15 Å². The fraction of sp³-hybridized carbons (Fsp3) is 0.455. The second-order valence-electron chi connectivity index (χ2n) is 3.81. The summed E-state index contributed by atoms with van der Waals surface area (Å²) in [6, 6.07) is 4.02. The maximum atomic E-state index is 5.66. The molecule has 74 valence electrons. The summed E-state index contributed by atoms with van der Waals surface area (Å²) in [7, 11) is 0. The fourth-order valence-electron chi connectivity index (χ4n) is 2.03. The van der Waals surface area contributed by atoms with E-state index in [1.807, 2.05) is 12.3 Å². The summed E-state index contributed by atoms with van der Waals surface area (Å²) in [5, 5.41) is 0.